The molecule has 0 aliphatic heterocycles. The van der Waals surface area contributed by atoms with Crippen molar-refractivity contribution in [2.75, 3.05) is 13.2 Å². The van der Waals surface area contributed by atoms with Crippen LogP contribution in [0.5, 0.6) is 0 Å². The molecule has 1 aromatic rings. The van der Waals surface area contributed by atoms with E-state index < -0.39 is 45.6 Å². The normalized spacial score (nSPS) is 13.9. The summed E-state index contributed by atoms with van der Waals surface area (Å²) < 4.78 is 62.4. The molecule has 0 unspecified atom stereocenters. The molecule has 1 rings (SSSR count). The molecule has 1 atom stereocenters. The minimum absolute atomic E-state index is 0.0372. The molecule has 0 aliphatic carbocycles. The third-order valence-electron chi connectivity index (χ3n) is 2.18. The summed E-state index contributed by atoms with van der Waals surface area (Å²) in [4.78, 5) is 11.9. The van der Waals surface area contributed by atoms with Crippen molar-refractivity contribution < 1.29 is 31.1 Å². The Kier molecular flexibility index (Phi) is 6.21. The number of nitrogens with two attached hydrogens (primary N) is 1. The Labute approximate surface area is 133 Å². The Morgan fingerprint density at radius 2 is 2.14 bits per heavy atom. The number of sulfonamides is 1. The van der Waals surface area contributed by atoms with E-state index >= 15 is 0 Å². The number of ether oxygens (including phenoxy) is 1. The van der Waals surface area contributed by atoms with Crippen molar-refractivity contribution in [2.24, 2.45) is 5.14 Å². The lowest BCUT2D eigenvalue weighted by molar-refractivity contribution is -0.174. The molecular weight excluding hydrogens is 369 g/mol. The van der Waals surface area contributed by atoms with Crippen LogP contribution in [0.3, 0.4) is 0 Å². The molecule has 22 heavy (non-hydrogen) atoms. The number of primary sulfonamides is 1. The number of alkyl halides is 3. The molecule has 0 aromatic carbocycles. The van der Waals surface area contributed by atoms with Gasteiger partial charge in [-0.05, 0) is 13.0 Å². The highest BCUT2D eigenvalue weighted by atomic mass is 35.5. The highest BCUT2D eigenvalue weighted by Crippen LogP contribution is 2.29. The van der Waals surface area contributed by atoms with Crippen LogP contribution in [0.2, 0.25) is 4.34 Å². The molecule has 3 N–H and O–H groups in total. The molecule has 1 aromatic heterocycles. The van der Waals surface area contributed by atoms with E-state index in [0.717, 1.165) is 6.07 Å². The second-order valence-electron chi connectivity index (χ2n) is 4.30. The molecule has 6 nitrogen and oxygen atoms in total. The second kappa shape index (κ2) is 7.13. The zero-order chi connectivity index (χ0) is 17.1. The standard InChI is InChI=1S/C10H12ClF3N2O4S2/c1-5(3-20-4-10(12,13)14)16-8(17)6-2-7(11)21-9(6)22(15,18)19/h2,5H,3-4H2,1H3,(H,16,17)(H2,15,18,19)/t5-/m0/s1. The fourth-order valence-electron chi connectivity index (χ4n) is 1.41. The van der Waals surface area contributed by atoms with Crippen LogP contribution >= 0.6 is 22.9 Å². The maximum absolute atomic E-state index is 11.9. The molecule has 0 spiro atoms. The Morgan fingerprint density at radius 1 is 1.55 bits per heavy atom. The van der Waals surface area contributed by atoms with Crippen LogP contribution in [0.1, 0.15) is 17.3 Å². The summed E-state index contributed by atoms with van der Waals surface area (Å²) in [6.07, 6.45) is -4.47. The van der Waals surface area contributed by atoms with Crippen molar-refractivity contribution in [1.82, 2.24) is 5.32 Å². The van der Waals surface area contributed by atoms with Crippen molar-refractivity contribution >= 4 is 38.9 Å². The topological polar surface area (TPSA) is 98.5 Å². The summed E-state index contributed by atoms with van der Waals surface area (Å²) in [6.45, 7) is -0.438. The number of hydrogen-bond acceptors (Lipinski definition) is 5. The largest absolute Gasteiger partial charge is 0.411 e. The highest BCUT2D eigenvalue weighted by molar-refractivity contribution is 7.91. The molecule has 0 aliphatic rings. The quantitative estimate of drug-likeness (QED) is 0.785. The Bertz CT molecular complexity index is 645. The average molecular weight is 381 g/mol. The third-order valence-corrected chi connectivity index (χ3v) is 4.92. The van der Waals surface area contributed by atoms with Crippen molar-refractivity contribution in [3.63, 3.8) is 0 Å². The molecule has 0 saturated carbocycles. The van der Waals surface area contributed by atoms with Gasteiger partial charge in [-0.15, -0.1) is 11.3 Å². The molecule has 0 saturated heterocycles. The second-order valence-corrected chi connectivity index (χ2v) is 7.74. The summed E-state index contributed by atoms with van der Waals surface area (Å²) in [5.41, 5.74) is -0.264. The monoisotopic (exact) mass is 380 g/mol. The van der Waals surface area contributed by atoms with Crippen LogP contribution in [0.25, 0.3) is 0 Å². The van der Waals surface area contributed by atoms with E-state index in [9.17, 15) is 26.4 Å². The number of carbonyl (C=O) groups excluding carboxylic acids is 1. The van der Waals surface area contributed by atoms with Gasteiger partial charge in [-0.2, -0.15) is 13.2 Å². The number of halogens is 4. The van der Waals surface area contributed by atoms with E-state index in [-0.39, 0.29) is 9.90 Å². The maximum atomic E-state index is 11.9. The van der Waals surface area contributed by atoms with Gasteiger partial charge >= 0.3 is 6.18 Å². The summed E-state index contributed by atoms with van der Waals surface area (Å²) >= 11 is 6.26. The molecule has 0 radical (unpaired) electrons. The first-order valence-electron chi connectivity index (χ1n) is 5.67. The van der Waals surface area contributed by atoms with E-state index in [1.54, 1.807) is 0 Å². The lowest BCUT2D eigenvalue weighted by Crippen LogP contribution is -2.37. The lowest BCUT2D eigenvalue weighted by atomic mass is 10.3. The Morgan fingerprint density at radius 3 is 2.64 bits per heavy atom. The molecule has 1 amide bonds. The highest BCUT2D eigenvalue weighted by Gasteiger charge is 2.28. The van der Waals surface area contributed by atoms with E-state index in [4.69, 9.17) is 16.7 Å². The molecule has 0 fully saturated rings. The van der Waals surface area contributed by atoms with Gasteiger partial charge in [-0.25, -0.2) is 13.6 Å². The summed E-state index contributed by atoms with van der Waals surface area (Å²) in [5.74, 6) is -0.824. The fourth-order valence-corrected chi connectivity index (χ4v) is 3.69. The summed E-state index contributed by atoms with van der Waals surface area (Å²) in [5, 5.41) is 7.27. The number of rotatable bonds is 6. The number of nitrogens with one attached hydrogen (secondary N) is 1. The number of hydrogen-bond donors (Lipinski definition) is 2. The average Bonchev–Trinajstić information content (AvgIpc) is 2.69. The van der Waals surface area contributed by atoms with Gasteiger partial charge in [0.15, 0.2) is 0 Å². The van der Waals surface area contributed by atoms with Gasteiger partial charge in [-0.1, -0.05) is 11.6 Å². The molecular formula is C10H12ClF3N2O4S2. The summed E-state index contributed by atoms with van der Waals surface area (Å²) in [7, 11) is -4.14. The van der Waals surface area contributed by atoms with Crippen LogP contribution < -0.4 is 10.5 Å². The fraction of sp³-hybridized carbons (Fsp3) is 0.500. The molecule has 126 valence electrons. The number of thiophene rings is 1. The number of amides is 1. The third kappa shape index (κ3) is 6.08. The van der Waals surface area contributed by atoms with Crippen molar-refractivity contribution in [3.8, 4) is 0 Å². The minimum Gasteiger partial charge on any atom is -0.370 e. The van der Waals surface area contributed by atoms with E-state index in [1.165, 1.54) is 6.92 Å². The van der Waals surface area contributed by atoms with Gasteiger partial charge in [0, 0.05) is 6.04 Å². The SMILES string of the molecule is C[C@@H](COCC(F)(F)F)NC(=O)c1cc(Cl)sc1S(N)(=O)=O. The van der Waals surface area contributed by atoms with E-state index in [2.05, 4.69) is 10.1 Å². The molecule has 12 heteroatoms. The van der Waals surface area contributed by atoms with Crippen LogP contribution in [0.15, 0.2) is 10.3 Å². The first kappa shape index (κ1) is 19.2. The Hall–Kier alpha value is -0.880. The van der Waals surface area contributed by atoms with E-state index in [0.29, 0.717) is 11.3 Å². The van der Waals surface area contributed by atoms with Crippen LogP contribution in [0.4, 0.5) is 13.2 Å². The zero-order valence-corrected chi connectivity index (χ0v) is 13.5. The van der Waals surface area contributed by atoms with E-state index in [1.807, 2.05) is 0 Å². The smallest absolute Gasteiger partial charge is 0.370 e. The van der Waals surface area contributed by atoms with Crippen LogP contribution in [-0.4, -0.2) is 39.8 Å². The van der Waals surface area contributed by atoms with Gasteiger partial charge in [0.25, 0.3) is 5.91 Å². The van der Waals surface area contributed by atoms with Crippen molar-refractivity contribution in [1.29, 1.82) is 0 Å². The molecule has 1 heterocycles. The van der Waals surface area contributed by atoms with Crippen molar-refractivity contribution in [3.05, 3.63) is 16.0 Å². The van der Waals surface area contributed by atoms with Crippen LogP contribution in [-0.2, 0) is 14.8 Å². The predicted octanol–water partition coefficient (Wildman–Crippen LogP) is 1.75. The minimum atomic E-state index is -4.47. The summed E-state index contributed by atoms with van der Waals surface area (Å²) in [6, 6.07) is 0.340. The van der Waals surface area contributed by atoms with Crippen LogP contribution in [0, 0.1) is 0 Å². The lowest BCUT2D eigenvalue weighted by Gasteiger charge is -2.15. The predicted molar refractivity (Wildman–Crippen MR) is 74.5 cm³/mol. The van der Waals surface area contributed by atoms with Gasteiger partial charge < -0.3 is 10.1 Å². The first-order chi connectivity index (χ1) is 9.90. The first-order valence-corrected chi connectivity index (χ1v) is 8.41. The number of carbonyl (C=O) groups is 1. The van der Waals surface area contributed by atoms with Gasteiger partial charge in [0.1, 0.15) is 10.8 Å². The molecule has 0 bridgehead atoms. The Balaban J connectivity index is 2.70. The van der Waals surface area contributed by atoms with Gasteiger partial charge in [0.05, 0.1) is 16.5 Å². The van der Waals surface area contributed by atoms with Gasteiger partial charge in [0.2, 0.25) is 10.0 Å². The zero-order valence-electron chi connectivity index (χ0n) is 11.1. The van der Waals surface area contributed by atoms with Gasteiger partial charge in [-0.3, -0.25) is 4.79 Å². The maximum Gasteiger partial charge on any atom is 0.411 e. The van der Waals surface area contributed by atoms with Crippen molar-refractivity contribution in [2.45, 2.75) is 23.4 Å².